The molecule has 214 valence electrons. The van der Waals surface area contributed by atoms with E-state index in [9.17, 15) is 0 Å². The Kier molecular flexibility index (Phi) is 5.23. The molecule has 0 aromatic heterocycles. The van der Waals surface area contributed by atoms with Crippen molar-refractivity contribution in [3.05, 3.63) is 157 Å². The second-order valence-electron chi connectivity index (χ2n) is 13.0. The molecule has 0 atom stereocenters. The summed E-state index contributed by atoms with van der Waals surface area (Å²) in [7, 11) is 0. The normalized spacial score (nSPS) is 12.1. The van der Waals surface area contributed by atoms with Gasteiger partial charge in [-0.05, 0) is 129 Å². The summed E-state index contributed by atoms with van der Waals surface area (Å²) in [6, 6.07) is 54.7. The van der Waals surface area contributed by atoms with Crippen molar-refractivity contribution in [3.63, 3.8) is 0 Å². The summed E-state index contributed by atoms with van der Waals surface area (Å²) < 4.78 is 0. The quantitative estimate of drug-likeness (QED) is 0.178. The Bertz CT molecular complexity index is 2760. The van der Waals surface area contributed by atoms with E-state index in [-0.39, 0.29) is 0 Å². The van der Waals surface area contributed by atoms with Crippen LogP contribution in [0.15, 0.2) is 146 Å². The predicted octanol–water partition coefficient (Wildman–Crippen LogP) is 13.1. The van der Waals surface area contributed by atoms with Crippen molar-refractivity contribution in [1.29, 1.82) is 0 Å². The zero-order valence-electron chi connectivity index (χ0n) is 25.9. The molecule has 0 bridgehead atoms. The van der Waals surface area contributed by atoms with Crippen LogP contribution in [0.5, 0.6) is 0 Å². The molecule has 1 aliphatic rings. The summed E-state index contributed by atoms with van der Waals surface area (Å²) in [5.74, 6) is 0. The van der Waals surface area contributed by atoms with Crippen molar-refractivity contribution < 1.29 is 0 Å². The van der Waals surface area contributed by atoms with Crippen LogP contribution in [-0.2, 0) is 0 Å². The van der Waals surface area contributed by atoms with Gasteiger partial charge in [-0.25, -0.2) is 0 Å². The average Bonchev–Trinajstić information content (AvgIpc) is 3.42. The summed E-state index contributed by atoms with van der Waals surface area (Å²) in [6.07, 6.45) is 0. The van der Waals surface area contributed by atoms with Gasteiger partial charge in [0.2, 0.25) is 0 Å². The van der Waals surface area contributed by atoms with Crippen molar-refractivity contribution in [2.24, 2.45) is 0 Å². The molecule has 1 aliphatic carbocycles. The molecule has 10 rings (SSSR count). The standard InChI is InChI=1S/C46H30/c1-27-22-41(36-17-14-29-8-3-5-10-32(29)42(36)23-27)31-16-19-34-40-21-20-35(38-12-7-13-39(46(38)40)45(34)26-31)44-25-28(2)24-43-33-11-6-4-9-30(33)15-18-37(43)44/h3-26H,1-2H3. The van der Waals surface area contributed by atoms with E-state index in [1.165, 1.54) is 109 Å². The van der Waals surface area contributed by atoms with Crippen molar-refractivity contribution in [2.75, 3.05) is 0 Å². The molecule has 0 amide bonds. The highest BCUT2D eigenvalue weighted by Gasteiger charge is 2.24. The van der Waals surface area contributed by atoms with Crippen LogP contribution in [0.25, 0.3) is 98.4 Å². The fraction of sp³-hybridized carbons (Fsp3) is 0.0435. The fourth-order valence-electron chi connectivity index (χ4n) is 8.24. The number of rotatable bonds is 2. The summed E-state index contributed by atoms with van der Waals surface area (Å²) >= 11 is 0. The first kappa shape index (κ1) is 25.6. The van der Waals surface area contributed by atoms with Crippen molar-refractivity contribution in [1.82, 2.24) is 0 Å². The third kappa shape index (κ3) is 3.56. The highest BCUT2D eigenvalue weighted by molar-refractivity contribution is 6.22. The van der Waals surface area contributed by atoms with Crippen LogP contribution < -0.4 is 0 Å². The number of benzene rings is 9. The molecule has 0 heteroatoms. The number of aryl methyl sites for hydroxylation is 2. The summed E-state index contributed by atoms with van der Waals surface area (Å²) in [6.45, 7) is 4.44. The maximum absolute atomic E-state index is 2.43. The summed E-state index contributed by atoms with van der Waals surface area (Å²) in [5, 5.41) is 13.1. The van der Waals surface area contributed by atoms with Crippen LogP contribution in [0, 0.1) is 13.8 Å². The van der Waals surface area contributed by atoms with Crippen molar-refractivity contribution >= 4 is 53.9 Å². The minimum atomic E-state index is 1.27. The first-order chi connectivity index (χ1) is 22.6. The molecule has 0 saturated carbocycles. The Morgan fingerprint density at radius 3 is 1.57 bits per heavy atom. The second kappa shape index (κ2) is 9.39. The largest absolute Gasteiger partial charge is 0.0616 e. The minimum Gasteiger partial charge on any atom is -0.0616 e. The molecule has 9 aromatic carbocycles. The van der Waals surface area contributed by atoms with E-state index in [4.69, 9.17) is 0 Å². The van der Waals surface area contributed by atoms with Crippen LogP contribution >= 0.6 is 0 Å². The molecule has 46 heavy (non-hydrogen) atoms. The highest BCUT2D eigenvalue weighted by atomic mass is 14.3. The van der Waals surface area contributed by atoms with Gasteiger partial charge >= 0.3 is 0 Å². The molecule has 0 N–H and O–H groups in total. The molecule has 0 spiro atoms. The Balaban J connectivity index is 1.19. The fourth-order valence-corrected chi connectivity index (χ4v) is 8.24. The van der Waals surface area contributed by atoms with Gasteiger partial charge in [-0.1, -0.05) is 140 Å². The summed E-state index contributed by atoms with van der Waals surface area (Å²) in [4.78, 5) is 0. The molecule has 0 fully saturated rings. The van der Waals surface area contributed by atoms with Crippen LogP contribution in [0.2, 0.25) is 0 Å². The molecule has 0 aliphatic heterocycles. The van der Waals surface area contributed by atoms with Gasteiger partial charge in [-0.3, -0.25) is 0 Å². The zero-order chi connectivity index (χ0) is 30.5. The van der Waals surface area contributed by atoms with Crippen LogP contribution in [-0.4, -0.2) is 0 Å². The van der Waals surface area contributed by atoms with Gasteiger partial charge in [-0.2, -0.15) is 0 Å². The zero-order valence-corrected chi connectivity index (χ0v) is 25.9. The monoisotopic (exact) mass is 582 g/mol. The second-order valence-corrected chi connectivity index (χ2v) is 13.0. The van der Waals surface area contributed by atoms with Crippen LogP contribution in [0.4, 0.5) is 0 Å². The maximum Gasteiger partial charge on any atom is -0.00201 e. The minimum absolute atomic E-state index is 1.27. The van der Waals surface area contributed by atoms with Gasteiger partial charge in [0.05, 0.1) is 0 Å². The number of hydrogen-bond acceptors (Lipinski definition) is 0. The molecular weight excluding hydrogens is 553 g/mol. The molecule has 0 unspecified atom stereocenters. The average molecular weight is 583 g/mol. The Morgan fingerprint density at radius 1 is 0.283 bits per heavy atom. The van der Waals surface area contributed by atoms with Crippen molar-refractivity contribution in [3.8, 4) is 44.5 Å². The van der Waals surface area contributed by atoms with E-state index in [2.05, 4.69) is 159 Å². The van der Waals surface area contributed by atoms with Gasteiger partial charge in [0, 0.05) is 0 Å². The molecule has 9 aromatic rings. The lowest BCUT2D eigenvalue weighted by Crippen LogP contribution is -1.88. The lowest BCUT2D eigenvalue weighted by Gasteiger charge is -2.14. The van der Waals surface area contributed by atoms with Gasteiger partial charge in [0.25, 0.3) is 0 Å². The highest BCUT2D eigenvalue weighted by Crippen LogP contribution is 2.51. The van der Waals surface area contributed by atoms with E-state index < -0.39 is 0 Å². The van der Waals surface area contributed by atoms with E-state index in [0.29, 0.717) is 0 Å². The Hall–Kier alpha value is -5.72. The Labute approximate surface area is 268 Å². The smallest absolute Gasteiger partial charge is 0.00201 e. The van der Waals surface area contributed by atoms with Crippen LogP contribution in [0.3, 0.4) is 0 Å². The van der Waals surface area contributed by atoms with Gasteiger partial charge in [0.1, 0.15) is 0 Å². The maximum atomic E-state index is 2.43. The van der Waals surface area contributed by atoms with E-state index in [0.717, 1.165) is 0 Å². The molecular formula is C46H30. The third-order valence-electron chi connectivity index (χ3n) is 10.3. The lowest BCUT2D eigenvalue weighted by atomic mass is 9.89. The van der Waals surface area contributed by atoms with Gasteiger partial charge in [0.15, 0.2) is 0 Å². The number of fused-ring (bicyclic) bond motifs is 9. The lowest BCUT2D eigenvalue weighted by molar-refractivity contribution is 1.50. The first-order valence-electron chi connectivity index (χ1n) is 16.2. The Morgan fingerprint density at radius 2 is 0.848 bits per heavy atom. The van der Waals surface area contributed by atoms with E-state index in [1.54, 1.807) is 0 Å². The van der Waals surface area contributed by atoms with Crippen LogP contribution in [0.1, 0.15) is 11.1 Å². The SMILES string of the molecule is Cc1cc(-c2ccc3c(c2)-c2cccc4c(-c5cc(C)cc6c5ccc5ccccc56)ccc-3c24)c2ccc3ccccc3c2c1. The number of hydrogen-bond donors (Lipinski definition) is 0. The van der Waals surface area contributed by atoms with E-state index in [1.807, 2.05) is 0 Å². The van der Waals surface area contributed by atoms with E-state index >= 15 is 0 Å². The molecule has 0 saturated heterocycles. The molecule has 0 heterocycles. The predicted molar refractivity (Wildman–Crippen MR) is 199 cm³/mol. The first-order valence-corrected chi connectivity index (χ1v) is 16.2. The topological polar surface area (TPSA) is 0 Å². The summed E-state index contributed by atoms with van der Waals surface area (Å²) in [5.41, 5.74) is 13.0. The van der Waals surface area contributed by atoms with Gasteiger partial charge < -0.3 is 0 Å². The van der Waals surface area contributed by atoms with Gasteiger partial charge in [-0.15, -0.1) is 0 Å². The molecule has 0 nitrogen and oxygen atoms in total. The van der Waals surface area contributed by atoms with Crippen molar-refractivity contribution in [2.45, 2.75) is 13.8 Å². The molecule has 0 radical (unpaired) electrons. The third-order valence-corrected chi connectivity index (χ3v) is 10.3.